The van der Waals surface area contributed by atoms with Crippen LogP contribution in [-0.2, 0) is 4.79 Å². The number of likely N-dealkylation sites (N-methyl/N-ethyl adjacent to an activating group) is 1. The molecule has 40 heavy (non-hydrogen) atoms. The van der Waals surface area contributed by atoms with Gasteiger partial charge in [-0.15, -0.1) is 11.8 Å². The molecule has 2 aromatic carbocycles. The molecule has 2 aliphatic carbocycles. The van der Waals surface area contributed by atoms with Crippen molar-refractivity contribution < 1.29 is 32.2 Å². The summed E-state index contributed by atoms with van der Waals surface area (Å²) in [6.07, 6.45) is 1.49. The minimum Gasteiger partial charge on any atom is -0.491 e. The second kappa shape index (κ2) is 11.3. The van der Waals surface area contributed by atoms with Crippen molar-refractivity contribution in [1.29, 1.82) is 0 Å². The van der Waals surface area contributed by atoms with Crippen LogP contribution in [0.2, 0.25) is 0 Å². The van der Waals surface area contributed by atoms with Crippen molar-refractivity contribution in [2.45, 2.75) is 84.8 Å². The van der Waals surface area contributed by atoms with E-state index < -0.39 is 23.2 Å². The van der Waals surface area contributed by atoms with Gasteiger partial charge in [-0.25, -0.2) is 21.9 Å². The lowest BCUT2D eigenvalue weighted by Crippen LogP contribution is -2.43. The van der Waals surface area contributed by atoms with Gasteiger partial charge in [0.05, 0.1) is 15.5 Å². The van der Waals surface area contributed by atoms with E-state index in [1.807, 2.05) is 53.8 Å². The van der Waals surface area contributed by atoms with Gasteiger partial charge in [-0.2, -0.15) is 0 Å². The van der Waals surface area contributed by atoms with E-state index in [2.05, 4.69) is 4.90 Å². The number of anilines is 2. The molecular weight excluding hydrogens is 564 g/mol. The first kappa shape index (κ1) is 29.4. The van der Waals surface area contributed by atoms with Crippen LogP contribution in [-0.4, -0.2) is 58.7 Å². The second-order valence-electron chi connectivity index (χ2n) is 11.3. The molecule has 218 valence electrons. The Balaban J connectivity index is 1.51. The lowest BCUT2D eigenvalue weighted by Gasteiger charge is -2.38. The van der Waals surface area contributed by atoms with Gasteiger partial charge < -0.3 is 14.7 Å². The Hall–Kier alpha value is -2.11. The fourth-order valence-electron chi connectivity index (χ4n) is 5.33. The van der Waals surface area contributed by atoms with Gasteiger partial charge in [-0.1, -0.05) is 24.6 Å². The molecule has 11 heteroatoms. The van der Waals surface area contributed by atoms with E-state index in [9.17, 15) is 27.5 Å². The molecule has 1 N–H and O–H groups in total. The molecule has 0 aromatic heterocycles. The molecule has 0 bridgehead atoms. The Kier molecular flexibility index (Phi) is 8.29. The van der Waals surface area contributed by atoms with Crippen molar-refractivity contribution in [3.05, 3.63) is 42.5 Å². The normalized spacial score (nSPS) is 22.6. The minimum absolute atomic E-state index is 0.00657. The van der Waals surface area contributed by atoms with Crippen LogP contribution in [0.3, 0.4) is 0 Å². The number of alkyl halides is 4. The van der Waals surface area contributed by atoms with Crippen molar-refractivity contribution in [3.8, 4) is 5.75 Å². The summed E-state index contributed by atoms with van der Waals surface area (Å²) in [5.74, 6) is -5.87. The molecule has 2 saturated carbocycles. The number of para-hydroxylation sites is 1. The molecule has 0 spiro atoms. The Morgan fingerprint density at radius 3 is 2.48 bits per heavy atom. The first-order chi connectivity index (χ1) is 18.8. The zero-order valence-corrected chi connectivity index (χ0v) is 24.2. The highest BCUT2D eigenvalue weighted by atomic mass is 32.2. The molecule has 0 radical (unpaired) electrons. The van der Waals surface area contributed by atoms with Gasteiger partial charge in [-0.3, -0.25) is 4.79 Å². The SMILES string of the molecule is CN1Sc2cc(OCC3(C(=O)O)CCC3)c(SC3CC(F)(F)C3)cc2N(c2ccccc2)CC1CCC(C)(F)F. The summed E-state index contributed by atoms with van der Waals surface area (Å²) < 4.78 is 63.3. The Morgan fingerprint density at radius 1 is 1.20 bits per heavy atom. The van der Waals surface area contributed by atoms with Crippen molar-refractivity contribution in [3.63, 3.8) is 0 Å². The molecule has 3 aliphatic rings. The topological polar surface area (TPSA) is 53.0 Å². The third kappa shape index (κ3) is 6.51. The van der Waals surface area contributed by atoms with E-state index in [1.54, 1.807) is 0 Å². The molecule has 0 amide bonds. The Labute approximate surface area is 240 Å². The highest BCUT2D eigenvalue weighted by molar-refractivity contribution is 8.00. The summed E-state index contributed by atoms with van der Waals surface area (Å²) in [6.45, 7) is 1.40. The number of hydrogen-bond acceptors (Lipinski definition) is 6. The Bertz CT molecular complexity index is 1220. The number of ether oxygens (including phenoxy) is 1. The van der Waals surface area contributed by atoms with Gasteiger partial charge in [0, 0.05) is 42.8 Å². The summed E-state index contributed by atoms with van der Waals surface area (Å²) >= 11 is 2.77. The summed E-state index contributed by atoms with van der Waals surface area (Å²) in [6, 6.07) is 13.3. The van der Waals surface area contributed by atoms with Crippen molar-refractivity contribution >= 4 is 41.1 Å². The van der Waals surface area contributed by atoms with Gasteiger partial charge in [0.2, 0.25) is 11.8 Å². The number of fused-ring (bicyclic) bond motifs is 1. The fourth-order valence-corrected chi connectivity index (χ4v) is 7.81. The summed E-state index contributed by atoms with van der Waals surface area (Å²) in [7, 11) is 1.88. The molecule has 1 aliphatic heterocycles. The monoisotopic (exact) mass is 598 g/mol. The average Bonchev–Trinajstić information content (AvgIpc) is 2.96. The summed E-state index contributed by atoms with van der Waals surface area (Å²) in [5, 5.41) is 9.52. The highest BCUT2D eigenvalue weighted by Gasteiger charge is 2.47. The summed E-state index contributed by atoms with van der Waals surface area (Å²) in [5.41, 5.74) is 0.799. The average molecular weight is 599 g/mol. The number of carboxylic acid groups (broad SMARTS) is 1. The van der Waals surface area contributed by atoms with Gasteiger partial charge in [-0.05, 0) is 69.4 Å². The first-order valence-corrected chi connectivity index (χ1v) is 15.2. The van der Waals surface area contributed by atoms with Crippen LogP contribution < -0.4 is 9.64 Å². The fraction of sp³-hybridized carbons (Fsp3) is 0.552. The van der Waals surface area contributed by atoms with Crippen LogP contribution in [0.4, 0.5) is 28.9 Å². The highest BCUT2D eigenvalue weighted by Crippen LogP contribution is 2.52. The van der Waals surface area contributed by atoms with Crippen molar-refractivity contribution in [1.82, 2.24) is 4.31 Å². The molecule has 0 saturated heterocycles. The first-order valence-electron chi connectivity index (χ1n) is 13.5. The van der Waals surface area contributed by atoms with Gasteiger partial charge in [0.15, 0.2) is 0 Å². The van der Waals surface area contributed by atoms with Crippen molar-refractivity contribution in [2.24, 2.45) is 5.41 Å². The molecule has 5 nitrogen and oxygen atoms in total. The lowest BCUT2D eigenvalue weighted by molar-refractivity contribution is -0.157. The number of aliphatic carboxylic acids is 1. The number of halogens is 4. The maximum absolute atomic E-state index is 13.8. The molecular formula is C29H34F4N2O3S2. The molecule has 1 unspecified atom stereocenters. The number of hydrogen-bond donors (Lipinski definition) is 1. The number of benzene rings is 2. The lowest BCUT2D eigenvalue weighted by atomic mass is 9.69. The second-order valence-corrected chi connectivity index (χ2v) is 13.9. The van der Waals surface area contributed by atoms with Crippen LogP contribution >= 0.6 is 23.7 Å². The van der Waals surface area contributed by atoms with Crippen LogP contribution in [0.15, 0.2) is 52.3 Å². The minimum atomic E-state index is -2.78. The van der Waals surface area contributed by atoms with Gasteiger partial charge in [0.25, 0.3) is 0 Å². The zero-order chi connectivity index (χ0) is 28.7. The maximum Gasteiger partial charge on any atom is 0.313 e. The Morgan fingerprint density at radius 2 is 1.90 bits per heavy atom. The van der Waals surface area contributed by atoms with Crippen LogP contribution in [0, 0.1) is 5.41 Å². The molecule has 5 rings (SSSR count). The number of carbonyl (C=O) groups is 1. The number of rotatable bonds is 10. The molecule has 1 atom stereocenters. The van der Waals surface area contributed by atoms with E-state index in [4.69, 9.17) is 4.74 Å². The zero-order valence-electron chi connectivity index (χ0n) is 22.5. The van der Waals surface area contributed by atoms with E-state index >= 15 is 0 Å². The van der Waals surface area contributed by atoms with E-state index in [1.165, 1.54) is 23.7 Å². The standard InChI is InChI=1S/C29H34F4N2O3S2/c1-27(30,31)12-9-20-17-35(19-7-4-3-5-8-19)22-13-25(39-21-15-29(32,33)16-21)23(14-24(22)40-34(20)2)38-18-28(26(36)37)10-6-11-28/h3-5,7-8,13-14,20-21H,6,9-12,15-18H2,1-2H3,(H,36,37). The molecule has 1 heterocycles. The van der Waals surface area contributed by atoms with Crippen LogP contribution in [0.5, 0.6) is 5.75 Å². The predicted octanol–water partition coefficient (Wildman–Crippen LogP) is 8.10. The van der Waals surface area contributed by atoms with E-state index in [0.29, 0.717) is 30.0 Å². The molecule has 2 fully saturated rings. The summed E-state index contributed by atoms with van der Waals surface area (Å²) in [4.78, 5) is 15.6. The third-order valence-corrected chi connectivity index (χ3v) is 10.4. The van der Waals surface area contributed by atoms with Gasteiger partial charge >= 0.3 is 5.97 Å². The van der Waals surface area contributed by atoms with Gasteiger partial charge in [0.1, 0.15) is 17.8 Å². The largest absolute Gasteiger partial charge is 0.491 e. The predicted molar refractivity (Wildman–Crippen MR) is 150 cm³/mol. The van der Waals surface area contributed by atoms with E-state index in [0.717, 1.165) is 29.6 Å². The number of thioether (sulfide) groups is 1. The maximum atomic E-state index is 13.8. The smallest absolute Gasteiger partial charge is 0.313 e. The quantitative estimate of drug-likeness (QED) is 0.219. The molecule has 2 aromatic rings. The van der Waals surface area contributed by atoms with E-state index in [-0.39, 0.29) is 43.6 Å². The van der Waals surface area contributed by atoms with Crippen molar-refractivity contribution in [2.75, 3.05) is 25.1 Å². The van der Waals surface area contributed by atoms with Crippen LogP contribution in [0.1, 0.15) is 51.9 Å². The number of carboxylic acids is 1. The third-order valence-electron chi connectivity index (χ3n) is 8.06. The number of nitrogens with zero attached hydrogens (tertiary/aromatic N) is 2. The van der Waals surface area contributed by atoms with Crippen LogP contribution in [0.25, 0.3) is 0 Å².